The van der Waals surface area contributed by atoms with Crippen LogP contribution in [0.3, 0.4) is 0 Å². The molecule has 1 heteroatoms. The van der Waals surface area contributed by atoms with E-state index in [4.69, 9.17) is 0 Å². The fraction of sp³-hybridized carbons (Fsp3) is 1.00. The zero-order chi connectivity index (χ0) is 7.98. The molecule has 1 aliphatic rings. The minimum Gasteiger partial charge on any atom is -0.107 e. The molecule has 0 amide bonds. The zero-order valence-corrected chi connectivity index (χ0v) is 8.75. The van der Waals surface area contributed by atoms with Gasteiger partial charge in [-0.3, -0.25) is 0 Å². The maximum Gasteiger partial charge on any atom is -0.0240 e. The van der Waals surface area contributed by atoms with Crippen LogP contribution >= 0.6 is 7.92 Å². The monoisotopic (exact) mass is 160 g/mol. The average molecular weight is 160 g/mol. The lowest BCUT2D eigenvalue weighted by atomic mass is 10.2. The van der Waals surface area contributed by atoms with Crippen molar-refractivity contribution in [1.82, 2.24) is 0 Å². The van der Waals surface area contributed by atoms with Gasteiger partial charge in [-0.2, -0.15) is 0 Å². The molecule has 0 spiro atoms. The van der Waals surface area contributed by atoms with Crippen LogP contribution in [0.2, 0.25) is 0 Å². The summed E-state index contributed by atoms with van der Waals surface area (Å²) in [5, 5.41) is 0. The minimum absolute atomic E-state index is 0.447. The standard InChI is InChI=1S/C7H15P.C2H6/c1-7-5-3-4-6-8(7)2;1-2/h7H,3-6H2,1-2H3;1-2H3. The molecule has 62 valence electrons. The first-order valence-corrected chi connectivity index (χ1v) is 6.55. The molecule has 10 heavy (non-hydrogen) atoms. The predicted octanol–water partition coefficient (Wildman–Crippen LogP) is 3.70. The van der Waals surface area contributed by atoms with Crippen molar-refractivity contribution in [1.29, 1.82) is 0 Å². The fourth-order valence-electron chi connectivity index (χ4n) is 1.24. The summed E-state index contributed by atoms with van der Waals surface area (Å²) < 4.78 is 0. The molecule has 2 unspecified atom stereocenters. The molecule has 1 aliphatic heterocycles. The number of hydrogen-bond acceptors (Lipinski definition) is 0. The summed E-state index contributed by atoms with van der Waals surface area (Å²) in [6.07, 6.45) is 6.04. The van der Waals surface area contributed by atoms with Gasteiger partial charge in [0.1, 0.15) is 0 Å². The van der Waals surface area contributed by atoms with Crippen LogP contribution < -0.4 is 0 Å². The third kappa shape index (κ3) is 3.56. The number of hydrogen-bond donors (Lipinski definition) is 0. The summed E-state index contributed by atoms with van der Waals surface area (Å²) in [6.45, 7) is 8.85. The molecule has 2 atom stereocenters. The van der Waals surface area contributed by atoms with Crippen molar-refractivity contribution in [2.75, 3.05) is 12.8 Å². The molecule has 0 nitrogen and oxygen atoms in total. The van der Waals surface area contributed by atoms with E-state index in [1.807, 2.05) is 13.8 Å². The molecule has 0 aromatic heterocycles. The Morgan fingerprint density at radius 3 is 2.10 bits per heavy atom. The normalized spacial score (nSPS) is 32.4. The second kappa shape index (κ2) is 6.16. The van der Waals surface area contributed by atoms with Gasteiger partial charge in [0.05, 0.1) is 0 Å². The lowest BCUT2D eigenvalue weighted by Gasteiger charge is -2.25. The SMILES string of the molecule is CC.CC1CCCCP1C. The Kier molecular flexibility index (Phi) is 6.43. The van der Waals surface area contributed by atoms with Crippen LogP contribution in [-0.4, -0.2) is 18.5 Å². The van der Waals surface area contributed by atoms with E-state index in [1.165, 1.54) is 25.4 Å². The molecule has 1 rings (SSSR count). The van der Waals surface area contributed by atoms with Crippen molar-refractivity contribution in [3.63, 3.8) is 0 Å². The predicted molar refractivity (Wildman–Crippen MR) is 52.4 cm³/mol. The van der Waals surface area contributed by atoms with Gasteiger partial charge in [0, 0.05) is 0 Å². The van der Waals surface area contributed by atoms with E-state index in [-0.39, 0.29) is 0 Å². The van der Waals surface area contributed by atoms with E-state index in [9.17, 15) is 0 Å². The molecular weight excluding hydrogens is 139 g/mol. The molecule has 1 saturated heterocycles. The van der Waals surface area contributed by atoms with Crippen LogP contribution in [-0.2, 0) is 0 Å². The Morgan fingerprint density at radius 1 is 1.20 bits per heavy atom. The van der Waals surface area contributed by atoms with E-state index in [0.717, 1.165) is 5.66 Å². The molecule has 0 saturated carbocycles. The van der Waals surface area contributed by atoms with Crippen LogP contribution in [0.1, 0.15) is 40.0 Å². The molecular formula is C9H21P. The van der Waals surface area contributed by atoms with Crippen LogP contribution in [0.5, 0.6) is 0 Å². The second-order valence-corrected chi connectivity index (χ2v) is 5.67. The second-order valence-electron chi connectivity index (χ2n) is 2.83. The zero-order valence-electron chi connectivity index (χ0n) is 7.85. The molecule has 0 aromatic carbocycles. The van der Waals surface area contributed by atoms with E-state index in [1.54, 1.807) is 0 Å². The summed E-state index contributed by atoms with van der Waals surface area (Å²) in [6, 6.07) is 0. The average Bonchev–Trinajstić information content (AvgIpc) is 2.00. The highest BCUT2D eigenvalue weighted by molar-refractivity contribution is 7.57. The van der Waals surface area contributed by atoms with Crippen molar-refractivity contribution >= 4 is 7.92 Å². The van der Waals surface area contributed by atoms with Crippen molar-refractivity contribution in [2.24, 2.45) is 0 Å². The third-order valence-corrected chi connectivity index (χ3v) is 4.92. The highest BCUT2D eigenvalue weighted by atomic mass is 31.1. The Labute approximate surface area is 67.2 Å². The van der Waals surface area contributed by atoms with Crippen molar-refractivity contribution in [2.45, 2.75) is 45.7 Å². The number of rotatable bonds is 0. The summed E-state index contributed by atoms with van der Waals surface area (Å²) in [5.74, 6) is 0. The van der Waals surface area contributed by atoms with Gasteiger partial charge >= 0.3 is 0 Å². The van der Waals surface area contributed by atoms with Crippen molar-refractivity contribution in [3.8, 4) is 0 Å². The first-order chi connectivity index (χ1) is 4.80. The summed E-state index contributed by atoms with van der Waals surface area (Å²) in [7, 11) is 0.447. The third-order valence-electron chi connectivity index (χ3n) is 2.14. The van der Waals surface area contributed by atoms with Crippen LogP contribution in [0.4, 0.5) is 0 Å². The van der Waals surface area contributed by atoms with E-state index in [0.29, 0.717) is 7.92 Å². The summed E-state index contributed by atoms with van der Waals surface area (Å²) in [4.78, 5) is 0. The molecule has 0 N–H and O–H groups in total. The van der Waals surface area contributed by atoms with Crippen LogP contribution in [0, 0.1) is 0 Å². The Hall–Kier alpha value is 0.430. The van der Waals surface area contributed by atoms with Crippen molar-refractivity contribution in [3.05, 3.63) is 0 Å². The van der Waals surface area contributed by atoms with Crippen LogP contribution in [0.25, 0.3) is 0 Å². The molecule has 0 bridgehead atoms. The summed E-state index contributed by atoms with van der Waals surface area (Å²) in [5.41, 5.74) is 1.07. The molecule has 0 aromatic rings. The summed E-state index contributed by atoms with van der Waals surface area (Å²) >= 11 is 0. The van der Waals surface area contributed by atoms with Gasteiger partial charge in [-0.25, -0.2) is 0 Å². The Bertz CT molecular complexity index is 61.1. The quantitative estimate of drug-likeness (QED) is 0.474. The highest BCUT2D eigenvalue weighted by Crippen LogP contribution is 2.43. The maximum atomic E-state index is 2.44. The Balaban J connectivity index is 0.000000371. The lowest BCUT2D eigenvalue weighted by Crippen LogP contribution is -2.07. The largest absolute Gasteiger partial charge is 0.107 e. The Morgan fingerprint density at radius 2 is 1.80 bits per heavy atom. The molecule has 0 aliphatic carbocycles. The van der Waals surface area contributed by atoms with E-state index >= 15 is 0 Å². The topological polar surface area (TPSA) is 0 Å². The van der Waals surface area contributed by atoms with Gasteiger partial charge in [0.25, 0.3) is 0 Å². The van der Waals surface area contributed by atoms with E-state index < -0.39 is 0 Å². The highest BCUT2D eigenvalue weighted by Gasteiger charge is 2.14. The van der Waals surface area contributed by atoms with E-state index in [2.05, 4.69) is 13.6 Å². The fourth-order valence-corrected chi connectivity index (χ4v) is 3.03. The molecule has 0 radical (unpaired) electrons. The van der Waals surface area contributed by atoms with Crippen LogP contribution in [0.15, 0.2) is 0 Å². The minimum atomic E-state index is 0.447. The maximum absolute atomic E-state index is 2.44. The first kappa shape index (κ1) is 10.4. The van der Waals surface area contributed by atoms with Gasteiger partial charge in [-0.15, -0.1) is 7.92 Å². The van der Waals surface area contributed by atoms with Gasteiger partial charge in [0.2, 0.25) is 0 Å². The smallest absolute Gasteiger partial charge is 0.0240 e. The van der Waals surface area contributed by atoms with Gasteiger partial charge in [-0.05, 0) is 31.3 Å². The van der Waals surface area contributed by atoms with Gasteiger partial charge < -0.3 is 0 Å². The molecule has 1 fully saturated rings. The first-order valence-electron chi connectivity index (χ1n) is 4.51. The van der Waals surface area contributed by atoms with Gasteiger partial charge in [-0.1, -0.05) is 27.2 Å². The van der Waals surface area contributed by atoms with Crippen molar-refractivity contribution < 1.29 is 0 Å². The van der Waals surface area contributed by atoms with Gasteiger partial charge in [0.15, 0.2) is 0 Å². The lowest BCUT2D eigenvalue weighted by molar-refractivity contribution is 0.680. The molecule has 1 heterocycles.